The second-order valence-electron chi connectivity index (χ2n) is 4.07. The van der Waals surface area contributed by atoms with E-state index in [0.717, 1.165) is 17.7 Å². The molecule has 102 valence electrons. The molecule has 1 aromatic carbocycles. The van der Waals surface area contributed by atoms with Crippen LogP contribution in [-0.4, -0.2) is 17.1 Å². The summed E-state index contributed by atoms with van der Waals surface area (Å²) in [4.78, 5) is 1.27. The molecule has 19 heavy (non-hydrogen) atoms. The minimum Gasteiger partial charge on any atom is -0.497 e. The summed E-state index contributed by atoms with van der Waals surface area (Å²) in [5.41, 5.74) is 0.909. The second-order valence-corrected chi connectivity index (χ2v) is 7.09. The Labute approximate surface area is 124 Å². The van der Waals surface area contributed by atoms with Crippen LogP contribution < -0.4 is 4.74 Å². The summed E-state index contributed by atoms with van der Waals surface area (Å²) >= 11 is 7.84. The summed E-state index contributed by atoms with van der Waals surface area (Å²) in [6.45, 7) is 0. The second kappa shape index (κ2) is 7.08. The first kappa shape index (κ1) is 14.6. The van der Waals surface area contributed by atoms with Crippen molar-refractivity contribution >= 4 is 33.7 Å². The van der Waals surface area contributed by atoms with Crippen LogP contribution in [0.2, 0.25) is 5.02 Å². The Kier molecular flexibility index (Phi) is 5.43. The zero-order chi connectivity index (χ0) is 13.7. The number of thiophene rings is 1. The van der Waals surface area contributed by atoms with Gasteiger partial charge in [-0.05, 0) is 35.6 Å². The third-order valence-corrected chi connectivity index (χ3v) is 5.31. The third kappa shape index (κ3) is 4.34. The van der Waals surface area contributed by atoms with Gasteiger partial charge in [0.15, 0.2) is 0 Å². The predicted octanol–water partition coefficient (Wildman–Crippen LogP) is 3.90. The number of benzene rings is 1. The first-order chi connectivity index (χ1) is 9.19. The topological polar surface area (TPSA) is 26.3 Å². The summed E-state index contributed by atoms with van der Waals surface area (Å²) in [7, 11) is 0.709. The molecule has 1 heterocycles. The minimum absolute atomic E-state index is 0.494. The lowest BCUT2D eigenvalue weighted by atomic mass is 10.2. The lowest BCUT2D eigenvalue weighted by Gasteiger charge is -2.06. The zero-order valence-electron chi connectivity index (χ0n) is 10.6. The van der Waals surface area contributed by atoms with E-state index in [0.29, 0.717) is 16.5 Å². The van der Waals surface area contributed by atoms with Crippen LogP contribution in [0.1, 0.15) is 10.4 Å². The number of halogens is 1. The van der Waals surface area contributed by atoms with Gasteiger partial charge >= 0.3 is 0 Å². The third-order valence-electron chi connectivity index (χ3n) is 2.73. The van der Waals surface area contributed by atoms with Gasteiger partial charge in [-0.2, -0.15) is 0 Å². The quantitative estimate of drug-likeness (QED) is 0.808. The number of rotatable bonds is 6. The molecule has 0 saturated carbocycles. The van der Waals surface area contributed by atoms with Crippen molar-refractivity contribution in [3.8, 4) is 5.75 Å². The van der Waals surface area contributed by atoms with Gasteiger partial charge in [-0.1, -0.05) is 23.7 Å². The molecule has 5 heteroatoms. The lowest BCUT2D eigenvalue weighted by molar-refractivity contribution is 0.414. The van der Waals surface area contributed by atoms with Crippen LogP contribution in [0.4, 0.5) is 0 Å². The fourth-order valence-electron chi connectivity index (χ4n) is 1.69. The summed E-state index contributed by atoms with van der Waals surface area (Å²) < 4.78 is 17.1. The smallest absolute Gasteiger partial charge is 0.120 e. The molecule has 0 N–H and O–H groups in total. The highest BCUT2D eigenvalue weighted by Crippen LogP contribution is 2.23. The monoisotopic (exact) mass is 314 g/mol. The molecule has 0 aliphatic heterocycles. The van der Waals surface area contributed by atoms with Crippen LogP contribution in [0.3, 0.4) is 0 Å². The molecule has 0 radical (unpaired) electrons. The summed E-state index contributed by atoms with van der Waals surface area (Å²) in [6.07, 6.45) is 0.859. The fourth-order valence-corrected chi connectivity index (χ4v) is 4.03. The van der Waals surface area contributed by atoms with Gasteiger partial charge in [-0.15, -0.1) is 11.3 Å². The zero-order valence-corrected chi connectivity index (χ0v) is 13.0. The minimum atomic E-state index is -0.893. The van der Waals surface area contributed by atoms with E-state index in [-0.39, 0.29) is 0 Å². The van der Waals surface area contributed by atoms with Crippen molar-refractivity contribution in [3.63, 3.8) is 0 Å². The standard InChI is InChI=1S/C14H15ClO2S2/c1-17-12-5-4-11(14(15)9-12)10-19(16)8-6-13-3-2-7-18-13/h2-5,7,9H,6,8,10H2,1H3/t19-/m0/s1. The van der Waals surface area contributed by atoms with E-state index < -0.39 is 10.8 Å². The van der Waals surface area contributed by atoms with Crippen molar-refractivity contribution in [2.75, 3.05) is 12.9 Å². The van der Waals surface area contributed by atoms with Gasteiger partial charge in [-0.3, -0.25) is 4.21 Å². The highest BCUT2D eigenvalue weighted by atomic mass is 35.5. The Hall–Kier alpha value is -0.840. The molecule has 0 aliphatic carbocycles. The molecular formula is C14H15ClO2S2. The highest BCUT2D eigenvalue weighted by molar-refractivity contribution is 7.84. The van der Waals surface area contributed by atoms with Crippen LogP contribution in [0.25, 0.3) is 0 Å². The lowest BCUT2D eigenvalue weighted by Crippen LogP contribution is -2.03. The fraction of sp³-hybridized carbons (Fsp3) is 0.286. The van der Waals surface area contributed by atoms with Gasteiger partial charge in [0.25, 0.3) is 0 Å². The Morgan fingerprint density at radius 2 is 2.21 bits per heavy atom. The molecule has 1 aromatic heterocycles. The first-order valence-electron chi connectivity index (χ1n) is 5.89. The van der Waals surface area contributed by atoms with Gasteiger partial charge in [0, 0.05) is 26.5 Å². The van der Waals surface area contributed by atoms with E-state index in [1.54, 1.807) is 24.5 Å². The molecule has 0 unspecified atom stereocenters. The first-order valence-corrected chi connectivity index (χ1v) is 8.63. The van der Waals surface area contributed by atoms with Crippen molar-refractivity contribution in [3.05, 3.63) is 51.2 Å². The number of hydrogen-bond donors (Lipinski definition) is 0. The number of methoxy groups -OCH3 is 1. The van der Waals surface area contributed by atoms with Gasteiger partial charge in [0.1, 0.15) is 5.75 Å². The largest absolute Gasteiger partial charge is 0.497 e. The van der Waals surface area contributed by atoms with Crippen LogP contribution in [0.5, 0.6) is 5.75 Å². The van der Waals surface area contributed by atoms with Crippen LogP contribution in [0.15, 0.2) is 35.7 Å². The summed E-state index contributed by atoms with van der Waals surface area (Å²) in [5.74, 6) is 1.88. The Balaban J connectivity index is 1.91. The number of ether oxygens (including phenoxy) is 1. The molecule has 1 atom stereocenters. The number of hydrogen-bond acceptors (Lipinski definition) is 3. The molecule has 0 aliphatic rings. The SMILES string of the molecule is COc1ccc(C[S@@](=O)CCc2cccs2)c(Cl)c1. The number of aryl methyl sites for hydroxylation is 1. The van der Waals surface area contributed by atoms with Crippen molar-refractivity contribution in [1.82, 2.24) is 0 Å². The maximum Gasteiger partial charge on any atom is 0.120 e. The molecule has 0 fully saturated rings. The van der Waals surface area contributed by atoms with Crippen LogP contribution in [0, 0.1) is 0 Å². The van der Waals surface area contributed by atoms with Gasteiger partial charge in [-0.25, -0.2) is 0 Å². The Morgan fingerprint density at radius 1 is 1.37 bits per heavy atom. The Bertz CT molecular complexity index is 553. The van der Waals surface area contributed by atoms with Gasteiger partial charge < -0.3 is 4.74 Å². The van der Waals surface area contributed by atoms with E-state index >= 15 is 0 Å². The highest BCUT2D eigenvalue weighted by Gasteiger charge is 2.07. The van der Waals surface area contributed by atoms with Crippen LogP contribution in [-0.2, 0) is 23.0 Å². The van der Waals surface area contributed by atoms with E-state index in [1.807, 2.05) is 23.6 Å². The molecule has 0 amide bonds. The van der Waals surface area contributed by atoms with E-state index in [1.165, 1.54) is 4.88 Å². The van der Waals surface area contributed by atoms with Gasteiger partial charge in [0.2, 0.25) is 0 Å². The van der Waals surface area contributed by atoms with Crippen molar-refractivity contribution in [2.24, 2.45) is 0 Å². The van der Waals surface area contributed by atoms with Crippen LogP contribution >= 0.6 is 22.9 Å². The molecule has 0 saturated heterocycles. The van der Waals surface area contributed by atoms with Gasteiger partial charge in [0.05, 0.1) is 12.9 Å². The van der Waals surface area contributed by atoms with E-state index in [2.05, 4.69) is 6.07 Å². The summed E-state index contributed by atoms with van der Waals surface area (Å²) in [5, 5.41) is 2.65. The predicted molar refractivity (Wildman–Crippen MR) is 82.7 cm³/mol. The molecule has 0 bridgehead atoms. The average Bonchev–Trinajstić information content (AvgIpc) is 2.92. The molecular weight excluding hydrogens is 300 g/mol. The van der Waals surface area contributed by atoms with E-state index in [4.69, 9.17) is 16.3 Å². The summed E-state index contributed by atoms with van der Waals surface area (Å²) in [6, 6.07) is 9.57. The normalized spacial score (nSPS) is 12.3. The maximum absolute atomic E-state index is 12.0. The van der Waals surface area contributed by atoms with Crippen molar-refractivity contribution in [1.29, 1.82) is 0 Å². The molecule has 2 nitrogen and oxygen atoms in total. The molecule has 2 rings (SSSR count). The molecule has 0 spiro atoms. The van der Waals surface area contributed by atoms with Crippen molar-refractivity contribution in [2.45, 2.75) is 12.2 Å². The average molecular weight is 315 g/mol. The van der Waals surface area contributed by atoms with E-state index in [9.17, 15) is 4.21 Å². The van der Waals surface area contributed by atoms with Crippen molar-refractivity contribution < 1.29 is 8.95 Å². The maximum atomic E-state index is 12.0. The molecule has 2 aromatic rings. The Morgan fingerprint density at radius 3 is 2.84 bits per heavy atom.